The van der Waals surface area contributed by atoms with Crippen molar-refractivity contribution in [2.45, 2.75) is 245 Å². The second kappa shape index (κ2) is 47.4. The summed E-state index contributed by atoms with van der Waals surface area (Å²) in [7, 11) is 0. The standard InChI is InChI=1S/C28H59NO2.C16H32O2/c1-2-3-4-5-6-7-8-9-10-11-12-13-14-15-16-17-18-19-20-21-22-23-24-29(25-27-30)26-28-31;1-2-3-4-5-6-7-8-9-10-11-12-13-14-15-16(17)18/h30-31H,2-28H2,1H3;2-15H2,1H3,(H,17,18). The second-order valence-corrected chi connectivity index (χ2v) is 15.1. The summed E-state index contributed by atoms with van der Waals surface area (Å²) in [6, 6.07) is 0. The van der Waals surface area contributed by atoms with Crippen LogP contribution in [0.5, 0.6) is 0 Å². The quantitative estimate of drug-likeness (QED) is 0.0554. The summed E-state index contributed by atoms with van der Waals surface area (Å²) in [4.78, 5) is 12.5. The molecule has 0 unspecified atom stereocenters. The normalized spacial score (nSPS) is 11.3. The van der Waals surface area contributed by atoms with E-state index in [1.54, 1.807) is 0 Å². The highest BCUT2D eigenvalue weighted by molar-refractivity contribution is 5.66. The number of carbonyl (C=O) groups is 1. The van der Waals surface area contributed by atoms with Crippen LogP contribution >= 0.6 is 0 Å². The van der Waals surface area contributed by atoms with Crippen molar-refractivity contribution in [3.8, 4) is 0 Å². The van der Waals surface area contributed by atoms with Crippen LogP contribution in [0.25, 0.3) is 0 Å². The van der Waals surface area contributed by atoms with Gasteiger partial charge in [0.2, 0.25) is 0 Å². The lowest BCUT2D eigenvalue weighted by Crippen LogP contribution is -2.30. The van der Waals surface area contributed by atoms with Gasteiger partial charge in [-0.1, -0.05) is 226 Å². The Labute approximate surface area is 308 Å². The van der Waals surface area contributed by atoms with Gasteiger partial charge in [0.25, 0.3) is 0 Å². The third kappa shape index (κ3) is 49.5. The zero-order chi connectivity index (χ0) is 36.1. The Balaban J connectivity index is 0. The van der Waals surface area contributed by atoms with Gasteiger partial charge in [-0.2, -0.15) is 0 Å². The Morgan fingerprint density at radius 2 is 0.571 bits per heavy atom. The second-order valence-electron chi connectivity index (χ2n) is 15.1. The summed E-state index contributed by atoms with van der Waals surface area (Å²) in [5.74, 6) is -0.655. The first kappa shape index (κ1) is 50.5. The highest BCUT2D eigenvalue weighted by Crippen LogP contribution is 2.16. The fraction of sp³-hybridized carbons (Fsp3) is 0.977. The van der Waals surface area contributed by atoms with Crippen LogP contribution in [0.1, 0.15) is 245 Å². The van der Waals surface area contributed by atoms with E-state index < -0.39 is 5.97 Å². The lowest BCUT2D eigenvalue weighted by molar-refractivity contribution is -0.137. The maximum atomic E-state index is 10.3. The molecule has 0 fully saturated rings. The van der Waals surface area contributed by atoms with E-state index in [0.717, 1.165) is 19.4 Å². The van der Waals surface area contributed by atoms with Crippen LogP contribution in [0.3, 0.4) is 0 Å². The fourth-order valence-corrected chi connectivity index (χ4v) is 6.86. The molecule has 0 aromatic rings. The molecule has 0 heterocycles. The van der Waals surface area contributed by atoms with Crippen LogP contribution in [0, 0.1) is 0 Å². The molecule has 0 aliphatic heterocycles. The molecule has 0 aliphatic carbocycles. The molecule has 0 amide bonds. The Kier molecular flexibility index (Phi) is 48.8. The number of nitrogens with zero attached hydrogens (tertiary/aromatic N) is 1. The zero-order valence-electron chi connectivity index (χ0n) is 33.7. The molecule has 49 heavy (non-hydrogen) atoms. The largest absolute Gasteiger partial charge is 0.481 e. The summed E-state index contributed by atoms with van der Waals surface area (Å²) in [5, 5.41) is 26.5. The van der Waals surface area contributed by atoms with Gasteiger partial charge in [-0.25, -0.2) is 0 Å². The van der Waals surface area contributed by atoms with E-state index in [1.807, 2.05) is 0 Å². The minimum Gasteiger partial charge on any atom is -0.481 e. The third-order valence-corrected chi connectivity index (χ3v) is 10.2. The van der Waals surface area contributed by atoms with E-state index in [2.05, 4.69) is 18.7 Å². The highest BCUT2D eigenvalue weighted by atomic mass is 16.4. The SMILES string of the molecule is CCCCCCCCCCCCCCCC(=O)O.CCCCCCCCCCCCCCCCCCCCCCCCN(CCO)CCO. The molecular weight excluding hydrogens is 606 g/mol. The van der Waals surface area contributed by atoms with Gasteiger partial charge < -0.3 is 15.3 Å². The van der Waals surface area contributed by atoms with Gasteiger partial charge in [0, 0.05) is 19.5 Å². The number of hydrogen-bond donors (Lipinski definition) is 3. The molecule has 5 heteroatoms. The topological polar surface area (TPSA) is 81.0 Å². The summed E-state index contributed by atoms with van der Waals surface area (Å²) in [6.07, 6.45) is 48.5. The van der Waals surface area contributed by atoms with Crippen molar-refractivity contribution in [2.24, 2.45) is 0 Å². The van der Waals surface area contributed by atoms with Crippen molar-refractivity contribution < 1.29 is 20.1 Å². The van der Waals surface area contributed by atoms with Gasteiger partial charge in [0.15, 0.2) is 0 Å². The summed E-state index contributed by atoms with van der Waals surface area (Å²) >= 11 is 0. The number of carboxylic acid groups (broad SMARTS) is 1. The Morgan fingerprint density at radius 3 is 0.796 bits per heavy atom. The molecule has 0 saturated heterocycles. The number of aliphatic hydroxyl groups excluding tert-OH is 2. The molecule has 5 nitrogen and oxygen atoms in total. The molecule has 0 saturated carbocycles. The number of hydrogen-bond acceptors (Lipinski definition) is 4. The predicted molar refractivity (Wildman–Crippen MR) is 216 cm³/mol. The van der Waals surface area contributed by atoms with E-state index in [0.29, 0.717) is 19.5 Å². The summed E-state index contributed by atoms with van der Waals surface area (Å²) in [6.45, 7) is 7.35. The first-order chi connectivity index (χ1) is 24.1. The predicted octanol–water partition coefficient (Wildman–Crippen LogP) is 13.4. The molecule has 0 aromatic carbocycles. The van der Waals surface area contributed by atoms with E-state index in [9.17, 15) is 4.79 Å². The van der Waals surface area contributed by atoms with Gasteiger partial charge in [-0.3, -0.25) is 9.69 Å². The molecule has 0 atom stereocenters. The van der Waals surface area contributed by atoms with Crippen LogP contribution in [0.4, 0.5) is 0 Å². The number of rotatable bonds is 41. The molecule has 0 aliphatic rings. The van der Waals surface area contributed by atoms with Crippen LogP contribution in [-0.4, -0.2) is 59.0 Å². The molecule has 0 bridgehead atoms. The van der Waals surface area contributed by atoms with Crippen molar-refractivity contribution in [3.63, 3.8) is 0 Å². The van der Waals surface area contributed by atoms with Crippen molar-refractivity contribution in [2.75, 3.05) is 32.8 Å². The number of aliphatic carboxylic acids is 1. The fourth-order valence-electron chi connectivity index (χ4n) is 6.86. The van der Waals surface area contributed by atoms with Crippen molar-refractivity contribution in [3.05, 3.63) is 0 Å². The first-order valence-electron chi connectivity index (χ1n) is 22.3. The number of carboxylic acids is 1. The van der Waals surface area contributed by atoms with Gasteiger partial charge in [-0.15, -0.1) is 0 Å². The van der Waals surface area contributed by atoms with Gasteiger partial charge >= 0.3 is 5.97 Å². The van der Waals surface area contributed by atoms with E-state index in [1.165, 1.54) is 212 Å². The molecule has 0 radical (unpaired) electrons. The molecular formula is C44H91NO4. The van der Waals surface area contributed by atoms with E-state index >= 15 is 0 Å². The molecule has 296 valence electrons. The molecule has 0 spiro atoms. The highest BCUT2D eigenvalue weighted by Gasteiger charge is 2.03. The average molecular weight is 698 g/mol. The van der Waals surface area contributed by atoms with Crippen LogP contribution in [0.2, 0.25) is 0 Å². The van der Waals surface area contributed by atoms with Gasteiger partial charge in [-0.05, 0) is 19.4 Å². The van der Waals surface area contributed by atoms with Crippen LogP contribution in [-0.2, 0) is 4.79 Å². The maximum absolute atomic E-state index is 10.3. The van der Waals surface area contributed by atoms with Crippen molar-refractivity contribution >= 4 is 5.97 Å². The summed E-state index contributed by atoms with van der Waals surface area (Å²) in [5.41, 5.74) is 0. The minimum atomic E-state index is -0.655. The zero-order valence-corrected chi connectivity index (χ0v) is 33.7. The Bertz CT molecular complexity index is 581. The van der Waals surface area contributed by atoms with Crippen molar-refractivity contribution in [1.29, 1.82) is 0 Å². The Hall–Kier alpha value is -0.650. The summed E-state index contributed by atoms with van der Waals surface area (Å²) < 4.78 is 0. The van der Waals surface area contributed by atoms with Crippen LogP contribution < -0.4 is 0 Å². The van der Waals surface area contributed by atoms with E-state index in [4.69, 9.17) is 15.3 Å². The van der Waals surface area contributed by atoms with Crippen LogP contribution in [0.15, 0.2) is 0 Å². The van der Waals surface area contributed by atoms with Gasteiger partial charge in [0.1, 0.15) is 0 Å². The number of unbranched alkanes of at least 4 members (excludes halogenated alkanes) is 33. The number of aliphatic hydroxyl groups is 2. The van der Waals surface area contributed by atoms with E-state index in [-0.39, 0.29) is 13.2 Å². The Morgan fingerprint density at radius 1 is 0.347 bits per heavy atom. The monoisotopic (exact) mass is 698 g/mol. The van der Waals surface area contributed by atoms with Gasteiger partial charge in [0.05, 0.1) is 13.2 Å². The maximum Gasteiger partial charge on any atom is 0.303 e. The third-order valence-electron chi connectivity index (χ3n) is 10.2. The lowest BCUT2D eigenvalue weighted by atomic mass is 10.0. The lowest BCUT2D eigenvalue weighted by Gasteiger charge is -2.19. The molecule has 0 aromatic heterocycles. The average Bonchev–Trinajstić information content (AvgIpc) is 3.09. The molecule has 0 rings (SSSR count). The first-order valence-corrected chi connectivity index (χ1v) is 22.3. The molecule has 3 N–H and O–H groups in total. The minimum absolute atomic E-state index is 0.194. The smallest absolute Gasteiger partial charge is 0.303 e. The van der Waals surface area contributed by atoms with Crippen molar-refractivity contribution in [1.82, 2.24) is 4.90 Å².